The number of benzene rings is 3. The molecule has 3 aromatic rings. The second-order valence-corrected chi connectivity index (χ2v) is 14.9. The molecule has 6 nitrogen and oxygen atoms in total. The van der Waals surface area contributed by atoms with Crippen LogP contribution in [0.3, 0.4) is 0 Å². The Kier molecular flexibility index (Phi) is 8.96. The molecular formula is C33H39Cl2N3O3S. The zero-order valence-electron chi connectivity index (χ0n) is 24.7. The van der Waals surface area contributed by atoms with Crippen LogP contribution in [0, 0.1) is 13.8 Å². The van der Waals surface area contributed by atoms with Gasteiger partial charge in [-0.1, -0.05) is 64.7 Å². The fourth-order valence-corrected chi connectivity index (χ4v) is 8.02. The molecule has 0 aliphatic carbocycles. The molecule has 224 valence electrons. The van der Waals surface area contributed by atoms with E-state index in [2.05, 4.69) is 17.0 Å². The first-order valence-corrected chi connectivity index (χ1v) is 17.0. The summed E-state index contributed by atoms with van der Waals surface area (Å²) in [6.07, 6.45) is 3.95. The van der Waals surface area contributed by atoms with E-state index in [4.69, 9.17) is 23.2 Å². The van der Waals surface area contributed by atoms with Crippen LogP contribution in [0.1, 0.15) is 57.8 Å². The van der Waals surface area contributed by atoms with E-state index in [9.17, 15) is 13.2 Å². The number of fused-ring (bicyclic) bond motifs is 2. The number of likely N-dealkylation sites (tertiary alicyclic amines) is 1. The number of hydrogen-bond donors (Lipinski definition) is 0. The van der Waals surface area contributed by atoms with Crippen molar-refractivity contribution >= 4 is 44.8 Å². The highest BCUT2D eigenvalue weighted by Crippen LogP contribution is 2.47. The van der Waals surface area contributed by atoms with E-state index in [-0.39, 0.29) is 17.2 Å². The molecule has 3 aromatic carbocycles. The van der Waals surface area contributed by atoms with Crippen LogP contribution in [0.2, 0.25) is 10.0 Å². The van der Waals surface area contributed by atoms with E-state index < -0.39 is 10.0 Å². The van der Waals surface area contributed by atoms with Gasteiger partial charge in [0.15, 0.2) is 0 Å². The van der Waals surface area contributed by atoms with Crippen LogP contribution in [0.15, 0.2) is 60.7 Å². The lowest BCUT2D eigenvalue weighted by Gasteiger charge is -2.40. The first kappa shape index (κ1) is 30.9. The summed E-state index contributed by atoms with van der Waals surface area (Å²) in [6, 6.07) is 19.7. The van der Waals surface area contributed by atoms with Gasteiger partial charge in [0.1, 0.15) is 0 Å². The maximum Gasteiger partial charge on any atom is 0.253 e. The molecule has 9 heteroatoms. The Balaban J connectivity index is 1.29. The number of rotatable bonds is 8. The summed E-state index contributed by atoms with van der Waals surface area (Å²) in [5.41, 5.74) is 5.72. The van der Waals surface area contributed by atoms with Crippen molar-refractivity contribution in [2.75, 3.05) is 50.3 Å². The molecule has 1 amide bonds. The van der Waals surface area contributed by atoms with E-state index >= 15 is 0 Å². The predicted octanol–water partition coefficient (Wildman–Crippen LogP) is 6.67. The molecule has 0 bridgehead atoms. The minimum Gasteiger partial charge on any atom is -0.341 e. The fraction of sp³-hybridized carbons (Fsp3) is 0.424. The Morgan fingerprint density at radius 2 is 1.64 bits per heavy atom. The van der Waals surface area contributed by atoms with Crippen LogP contribution in [0.5, 0.6) is 0 Å². The number of amides is 1. The highest BCUT2D eigenvalue weighted by molar-refractivity contribution is 7.92. The Labute approximate surface area is 260 Å². The van der Waals surface area contributed by atoms with Gasteiger partial charge in [-0.25, -0.2) is 8.42 Å². The Morgan fingerprint density at radius 1 is 0.976 bits per heavy atom. The van der Waals surface area contributed by atoms with E-state index in [0.29, 0.717) is 28.7 Å². The average Bonchev–Trinajstić information content (AvgIpc) is 3.27. The smallest absolute Gasteiger partial charge is 0.253 e. The van der Waals surface area contributed by atoms with E-state index in [1.165, 1.54) is 6.26 Å². The number of carbonyl (C=O) groups is 1. The average molecular weight is 629 g/mol. The van der Waals surface area contributed by atoms with Crippen molar-refractivity contribution in [1.29, 1.82) is 0 Å². The molecule has 2 heterocycles. The number of halogens is 2. The minimum atomic E-state index is -3.34. The largest absolute Gasteiger partial charge is 0.341 e. The Hall–Kier alpha value is -2.58. The van der Waals surface area contributed by atoms with Gasteiger partial charge in [0.2, 0.25) is 10.0 Å². The quantitative estimate of drug-likeness (QED) is 0.280. The summed E-state index contributed by atoms with van der Waals surface area (Å²) in [4.78, 5) is 17.7. The molecule has 0 saturated carbocycles. The highest BCUT2D eigenvalue weighted by atomic mass is 35.5. The molecule has 2 aliphatic heterocycles. The molecule has 1 saturated heterocycles. The van der Waals surface area contributed by atoms with E-state index in [1.807, 2.05) is 74.3 Å². The van der Waals surface area contributed by atoms with Gasteiger partial charge in [-0.2, -0.15) is 0 Å². The number of anilines is 1. The van der Waals surface area contributed by atoms with Crippen LogP contribution >= 0.6 is 23.2 Å². The number of piperidine rings is 1. The van der Waals surface area contributed by atoms with Crippen LogP contribution < -0.4 is 4.31 Å². The first-order chi connectivity index (χ1) is 19.9. The standard InChI is InChI=1S/C33H39Cl2N3O3S/c1-23-17-24(2)19-27(18-23)32(39)36(3)21-26(25-9-10-29(34)30(35)20-25)11-14-37-15-12-33(13-16-37)22-38(42(4,40)41)31-8-6-5-7-28(31)33/h5-10,17-20,26H,11-16,21-22H2,1-4H3/t26-/m1/s1. The molecule has 1 fully saturated rings. The lowest BCUT2D eigenvalue weighted by Crippen LogP contribution is -2.46. The predicted molar refractivity (Wildman–Crippen MR) is 173 cm³/mol. The number of para-hydroxylation sites is 1. The summed E-state index contributed by atoms with van der Waals surface area (Å²) in [6.45, 7) is 7.72. The monoisotopic (exact) mass is 627 g/mol. The molecule has 42 heavy (non-hydrogen) atoms. The lowest BCUT2D eigenvalue weighted by atomic mass is 9.74. The number of aryl methyl sites for hydroxylation is 2. The summed E-state index contributed by atoms with van der Waals surface area (Å²) in [5, 5.41) is 1.03. The van der Waals surface area contributed by atoms with Crippen molar-refractivity contribution in [2.45, 2.75) is 44.4 Å². The maximum atomic E-state index is 13.4. The van der Waals surface area contributed by atoms with Gasteiger partial charge in [-0.05, 0) is 94.2 Å². The summed E-state index contributed by atoms with van der Waals surface area (Å²) >= 11 is 12.7. The molecule has 5 rings (SSSR count). The zero-order valence-corrected chi connectivity index (χ0v) is 27.1. The molecule has 0 unspecified atom stereocenters. The van der Waals surface area contributed by atoms with E-state index in [0.717, 1.165) is 66.8 Å². The topological polar surface area (TPSA) is 60.9 Å². The number of likely N-dealkylation sites (N-methyl/N-ethyl adjacent to an activating group) is 1. The third-order valence-corrected chi connectivity index (χ3v) is 10.8. The third-order valence-electron chi connectivity index (χ3n) is 8.92. The van der Waals surface area contributed by atoms with Crippen LogP contribution in [0.25, 0.3) is 0 Å². The summed E-state index contributed by atoms with van der Waals surface area (Å²) < 4.78 is 26.7. The van der Waals surface area contributed by atoms with Crippen LogP contribution in [0.4, 0.5) is 5.69 Å². The van der Waals surface area contributed by atoms with Crippen molar-refractivity contribution in [1.82, 2.24) is 9.80 Å². The fourth-order valence-electron chi connectivity index (χ4n) is 6.71. The SMILES string of the molecule is Cc1cc(C)cc(C(=O)N(C)C[C@@H](CCN2CCC3(CC2)CN(S(C)(=O)=O)c2ccccc23)c2ccc(Cl)c(Cl)c2)c1. The van der Waals surface area contributed by atoms with Gasteiger partial charge in [-0.15, -0.1) is 0 Å². The zero-order chi connectivity index (χ0) is 30.2. The molecule has 1 atom stereocenters. The number of carbonyl (C=O) groups excluding carboxylic acids is 1. The van der Waals surface area contributed by atoms with Gasteiger partial charge < -0.3 is 9.80 Å². The van der Waals surface area contributed by atoms with Crippen molar-refractivity contribution < 1.29 is 13.2 Å². The van der Waals surface area contributed by atoms with Crippen LogP contribution in [-0.2, 0) is 15.4 Å². The molecule has 0 radical (unpaired) electrons. The molecule has 2 aliphatic rings. The first-order valence-electron chi connectivity index (χ1n) is 14.4. The van der Waals surface area contributed by atoms with Gasteiger partial charge >= 0.3 is 0 Å². The van der Waals surface area contributed by atoms with Gasteiger partial charge in [0, 0.05) is 37.0 Å². The third kappa shape index (κ3) is 6.49. The minimum absolute atomic E-state index is 0.00195. The van der Waals surface area contributed by atoms with Crippen molar-refractivity contribution in [2.24, 2.45) is 0 Å². The van der Waals surface area contributed by atoms with Crippen LogP contribution in [-0.4, -0.2) is 70.2 Å². The number of sulfonamides is 1. The van der Waals surface area contributed by atoms with Crippen molar-refractivity contribution in [3.8, 4) is 0 Å². The Morgan fingerprint density at radius 3 is 2.29 bits per heavy atom. The maximum absolute atomic E-state index is 13.4. The molecule has 1 spiro atoms. The van der Waals surface area contributed by atoms with Crippen molar-refractivity contribution in [3.05, 3.63) is 98.5 Å². The molecular weight excluding hydrogens is 589 g/mol. The van der Waals surface area contributed by atoms with Crippen molar-refractivity contribution in [3.63, 3.8) is 0 Å². The number of hydrogen-bond acceptors (Lipinski definition) is 4. The normalized spacial score (nSPS) is 17.3. The second kappa shape index (κ2) is 12.2. The molecule has 0 N–H and O–H groups in total. The van der Waals surface area contributed by atoms with Gasteiger partial charge in [0.05, 0.1) is 22.0 Å². The number of nitrogens with zero attached hydrogens (tertiary/aromatic N) is 3. The lowest BCUT2D eigenvalue weighted by molar-refractivity contribution is 0.0780. The Bertz CT molecular complexity index is 1560. The van der Waals surface area contributed by atoms with E-state index in [1.54, 1.807) is 4.31 Å². The summed E-state index contributed by atoms with van der Waals surface area (Å²) in [7, 11) is -1.48. The highest BCUT2D eigenvalue weighted by Gasteiger charge is 2.46. The van der Waals surface area contributed by atoms with Gasteiger partial charge in [0.25, 0.3) is 5.91 Å². The summed E-state index contributed by atoms with van der Waals surface area (Å²) in [5.74, 6) is 0.0746. The second-order valence-electron chi connectivity index (χ2n) is 12.1. The van der Waals surface area contributed by atoms with Gasteiger partial charge in [-0.3, -0.25) is 9.10 Å². The molecule has 0 aromatic heterocycles.